The third kappa shape index (κ3) is 3.49. The zero-order valence-electron chi connectivity index (χ0n) is 19.5. The van der Waals surface area contributed by atoms with Crippen LogP contribution in [0.1, 0.15) is 23.5 Å². The molecular weight excluding hydrogens is 438 g/mol. The first-order valence-corrected chi connectivity index (χ1v) is 11.1. The Morgan fingerprint density at radius 2 is 1.44 bits per heavy atom. The predicted molar refractivity (Wildman–Crippen MR) is 122 cm³/mol. The highest BCUT2D eigenvalue weighted by molar-refractivity contribution is 6.17. The molecule has 2 N–H and O–H groups in total. The van der Waals surface area contributed by atoms with Gasteiger partial charge in [-0.05, 0) is 45.4 Å². The van der Waals surface area contributed by atoms with E-state index in [0.29, 0.717) is 24.5 Å². The fourth-order valence-electron chi connectivity index (χ4n) is 5.63. The maximum absolute atomic E-state index is 14.3. The molecule has 4 atom stereocenters. The molecule has 0 radical (unpaired) electrons. The quantitative estimate of drug-likeness (QED) is 0.564. The van der Waals surface area contributed by atoms with E-state index >= 15 is 0 Å². The largest absolute Gasteiger partial charge is 0.480 e. The van der Waals surface area contributed by atoms with Crippen molar-refractivity contribution in [2.75, 3.05) is 47.3 Å². The van der Waals surface area contributed by atoms with Crippen molar-refractivity contribution in [3.8, 4) is 0 Å². The summed E-state index contributed by atoms with van der Waals surface area (Å²) in [5.41, 5.74) is -3.24. The highest BCUT2D eigenvalue weighted by Gasteiger charge is 2.74. The summed E-state index contributed by atoms with van der Waals surface area (Å²) in [5.74, 6) is -3.50. The molecule has 2 aliphatic rings. The number of carbonyl (C=O) groups is 3. The predicted octanol–water partition coefficient (Wildman–Crippen LogP) is 0.793. The van der Waals surface area contributed by atoms with E-state index in [-0.39, 0.29) is 13.1 Å². The van der Waals surface area contributed by atoms with Crippen molar-refractivity contribution in [3.05, 3.63) is 60.2 Å². The van der Waals surface area contributed by atoms with E-state index in [1.807, 2.05) is 19.0 Å². The number of hydrogen-bond acceptors (Lipinski definition) is 8. The topological polar surface area (TPSA) is 127 Å². The number of carbonyl (C=O) groups excluding carboxylic acids is 1. The maximum atomic E-state index is 14.3. The van der Waals surface area contributed by atoms with E-state index < -0.39 is 40.6 Å². The summed E-state index contributed by atoms with van der Waals surface area (Å²) in [6, 6.07) is 8.28. The summed E-state index contributed by atoms with van der Waals surface area (Å²) >= 11 is 0. The number of hydrogen-bond donors (Lipinski definition) is 2. The first kappa shape index (κ1) is 23.9. The van der Waals surface area contributed by atoms with Crippen LogP contribution in [0, 0.1) is 10.8 Å². The molecule has 2 fully saturated rings. The summed E-state index contributed by atoms with van der Waals surface area (Å²) in [7, 11) is 5.43. The molecule has 0 spiro atoms. The normalized spacial score (nSPS) is 29.8. The maximum Gasteiger partial charge on any atom is 0.320 e. The second-order valence-electron chi connectivity index (χ2n) is 9.38. The van der Waals surface area contributed by atoms with Gasteiger partial charge in [-0.1, -0.05) is 12.1 Å². The minimum Gasteiger partial charge on any atom is -0.480 e. The van der Waals surface area contributed by atoms with Gasteiger partial charge < -0.3 is 15.1 Å². The van der Waals surface area contributed by atoms with Crippen LogP contribution in [-0.2, 0) is 14.4 Å². The van der Waals surface area contributed by atoms with Crippen LogP contribution in [-0.4, -0.2) is 99.9 Å². The minimum absolute atomic E-state index is 0.107. The number of carboxylic acid groups (broad SMARTS) is 2. The van der Waals surface area contributed by atoms with Gasteiger partial charge in [-0.25, -0.2) is 0 Å². The fraction of sp³-hybridized carbons (Fsp3) is 0.458. The van der Waals surface area contributed by atoms with E-state index in [2.05, 4.69) is 9.97 Å². The Morgan fingerprint density at radius 1 is 0.971 bits per heavy atom. The molecule has 2 bridgehead atoms. The average Bonchev–Trinajstić information content (AvgIpc) is 2.80. The molecule has 4 rings (SSSR count). The molecule has 0 saturated carbocycles. The van der Waals surface area contributed by atoms with E-state index in [1.165, 1.54) is 0 Å². The number of aliphatic carboxylic acids is 2. The second kappa shape index (κ2) is 8.86. The molecule has 10 heteroatoms. The number of pyridine rings is 2. The number of fused-ring (bicyclic) bond motifs is 2. The van der Waals surface area contributed by atoms with Gasteiger partial charge in [0, 0.05) is 38.6 Å². The number of nitrogens with zero attached hydrogens (tertiary/aromatic N) is 5. The molecule has 0 amide bonds. The minimum atomic E-state index is -2.02. The molecule has 4 heterocycles. The SMILES string of the molecule is CN(C)CCN1CC2(C(=O)O)C(=O)C(C(=O)O)(C1)C(c1ccccn1)N(C)C2c1ccccn1. The van der Waals surface area contributed by atoms with Gasteiger partial charge in [0.1, 0.15) is 0 Å². The lowest BCUT2D eigenvalue weighted by molar-refractivity contribution is -0.201. The molecule has 4 unspecified atom stereocenters. The Bertz CT molecular complexity index is 1000. The van der Waals surface area contributed by atoms with Gasteiger partial charge in [0.25, 0.3) is 0 Å². The Hall–Kier alpha value is -3.21. The lowest BCUT2D eigenvalue weighted by atomic mass is 9.54. The Morgan fingerprint density at radius 3 is 1.79 bits per heavy atom. The van der Waals surface area contributed by atoms with Crippen LogP contribution in [0.5, 0.6) is 0 Å². The molecule has 34 heavy (non-hydrogen) atoms. The summed E-state index contributed by atoms with van der Waals surface area (Å²) in [5, 5.41) is 21.2. The average molecular weight is 468 g/mol. The number of likely N-dealkylation sites (N-methyl/N-ethyl adjacent to an activating group) is 1. The molecule has 2 saturated heterocycles. The van der Waals surface area contributed by atoms with Crippen molar-refractivity contribution >= 4 is 17.7 Å². The van der Waals surface area contributed by atoms with Crippen molar-refractivity contribution in [2.24, 2.45) is 10.8 Å². The number of Topliss-reactive ketones (excluding diaryl/α,β-unsaturated/α-hetero) is 1. The van der Waals surface area contributed by atoms with Crippen LogP contribution in [0.25, 0.3) is 0 Å². The highest BCUT2D eigenvalue weighted by Crippen LogP contribution is 2.59. The monoisotopic (exact) mass is 467 g/mol. The first-order valence-electron chi connectivity index (χ1n) is 11.1. The van der Waals surface area contributed by atoms with Crippen molar-refractivity contribution < 1.29 is 24.6 Å². The van der Waals surface area contributed by atoms with Crippen molar-refractivity contribution in [1.29, 1.82) is 0 Å². The lowest BCUT2D eigenvalue weighted by Gasteiger charge is -2.60. The Labute approximate surface area is 197 Å². The standard InChI is InChI=1S/C24H29N5O5/c1-27(2)12-13-29-14-23(21(31)32)18(16-8-4-6-10-25-16)28(3)19(17-9-5-7-11-26-17)24(15-29,20(23)30)22(33)34/h4-11,18-19H,12-15H2,1-3H3,(H,31,32)(H,33,34). The molecular formula is C24H29N5O5. The number of piperidine rings is 2. The first-order chi connectivity index (χ1) is 16.2. The number of ketones is 1. The number of rotatable bonds is 7. The molecule has 180 valence electrons. The number of aromatic nitrogens is 2. The Balaban J connectivity index is 2.00. The van der Waals surface area contributed by atoms with Gasteiger partial charge in [0.2, 0.25) is 0 Å². The van der Waals surface area contributed by atoms with Gasteiger partial charge in [-0.2, -0.15) is 0 Å². The summed E-state index contributed by atoms with van der Waals surface area (Å²) in [4.78, 5) is 54.5. The molecule has 0 aliphatic carbocycles. The molecule has 10 nitrogen and oxygen atoms in total. The molecule has 0 aromatic carbocycles. The van der Waals surface area contributed by atoms with Crippen LogP contribution in [0.3, 0.4) is 0 Å². The third-order valence-electron chi connectivity index (χ3n) is 7.07. The van der Waals surface area contributed by atoms with Gasteiger partial charge in [0.15, 0.2) is 16.6 Å². The van der Waals surface area contributed by atoms with E-state index in [4.69, 9.17) is 0 Å². The Kier molecular flexibility index (Phi) is 6.24. The van der Waals surface area contributed by atoms with Crippen molar-refractivity contribution in [3.63, 3.8) is 0 Å². The van der Waals surface area contributed by atoms with Gasteiger partial charge >= 0.3 is 11.9 Å². The highest BCUT2D eigenvalue weighted by atomic mass is 16.4. The van der Waals surface area contributed by atoms with Gasteiger partial charge in [0.05, 0.1) is 23.5 Å². The fourth-order valence-corrected chi connectivity index (χ4v) is 5.63. The van der Waals surface area contributed by atoms with Gasteiger partial charge in [-0.3, -0.25) is 34.2 Å². The molecule has 2 aliphatic heterocycles. The van der Waals surface area contributed by atoms with Gasteiger partial charge in [-0.15, -0.1) is 0 Å². The number of carboxylic acids is 2. The smallest absolute Gasteiger partial charge is 0.320 e. The van der Waals surface area contributed by atoms with Crippen LogP contribution in [0.15, 0.2) is 48.8 Å². The van der Waals surface area contributed by atoms with Crippen molar-refractivity contribution in [2.45, 2.75) is 12.1 Å². The third-order valence-corrected chi connectivity index (χ3v) is 7.07. The van der Waals surface area contributed by atoms with Crippen LogP contribution in [0.4, 0.5) is 0 Å². The number of likely N-dealkylation sites (tertiary alicyclic amines) is 2. The molecule has 2 aromatic heterocycles. The summed E-state index contributed by atoms with van der Waals surface area (Å²) in [6.45, 7) is 0.783. The van der Waals surface area contributed by atoms with E-state index in [1.54, 1.807) is 65.6 Å². The second-order valence-corrected chi connectivity index (χ2v) is 9.38. The summed E-state index contributed by atoms with van der Waals surface area (Å²) < 4.78 is 0. The van der Waals surface area contributed by atoms with E-state index in [9.17, 15) is 24.6 Å². The zero-order chi connectivity index (χ0) is 24.7. The van der Waals surface area contributed by atoms with E-state index in [0.717, 1.165) is 0 Å². The van der Waals surface area contributed by atoms with Crippen molar-refractivity contribution in [1.82, 2.24) is 24.7 Å². The molecule has 2 aromatic rings. The van der Waals surface area contributed by atoms with Crippen LogP contribution >= 0.6 is 0 Å². The zero-order valence-corrected chi connectivity index (χ0v) is 19.5. The summed E-state index contributed by atoms with van der Waals surface area (Å²) in [6.07, 6.45) is 3.09. The van der Waals surface area contributed by atoms with Crippen LogP contribution in [0.2, 0.25) is 0 Å². The van der Waals surface area contributed by atoms with Crippen LogP contribution < -0.4 is 0 Å². The lowest BCUT2D eigenvalue weighted by Crippen LogP contribution is -2.75.